The number of benzene rings is 2. The highest BCUT2D eigenvalue weighted by molar-refractivity contribution is 7.15. The Balaban J connectivity index is 1.77. The number of hydrogen-bond acceptors (Lipinski definition) is 4. The molecule has 0 N–H and O–H groups in total. The van der Waals surface area contributed by atoms with Crippen LogP contribution in [0.25, 0.3) is 10.4 Å². The Kier molecular flexibility index (Phi) is 5.44. The zero-order valence-corrected chi connectivity index (χ0v) is 16.6. The van der Waals surface area contributed by atoms with E-state index in [0.29, 0.717) is 17.1 Å². The Labute approximate surface area is 172 Å². The van der Waals surface area contributed by atoms with Crippen molar-refractivity contribution in [1.82, 2.24) is 9.97 Å². The van der Waals surface area contributed by atoms with Crippen molar-refractivity contribution in [3.05, 3.63) is 101 Å². The summed E-state index contributed by atoms with van der Waals surface area (Å²) < 4.78 is 13.7. The van der Waals surface area contributed by atoms with Crippen LogP contribution in [0.15, 0.2) is 79.0 Å². The molecule has 0 spiro atoms. The minimum atomic E-state index is -0.342. The topological polar surface area (TPSA) is 46.1 Å². The molecule has 144 valence electrons. The van der Waals surface area contributed by atoms with Gasteiger partial charge in [-0.1, -0.05) is 48.5 Å². The second-order valence-electron chi connectivity index (χ2n) is 6.49. The first-order valence-electron chi connectivity index (χ1n) is 9.12. The first-order valence-corrected chi connectivity index (χ1v) is 9.93. The van der Waals surface area contributed by atoms with Crippen molar-refractivity contribution in [2.45, 2.75) is 13.5 Å². The standard InChI is InChI=1S/C23H18FN3OS/c1-16-26-21(22(29-16)18-9-3-2-4-10-18)23(28)27(20-12-5-6-13-25-20)15-17-8-7-11-19(24)14-17/h2-14H,15H2,1H3. The Morgan fingerprint density at radius 3 is 2.55 bits per heavy atom. The van der Waals surface area contributed by atoms with Gasteiger partial charge in [-0.2, -0.15) is 0 Å². The highest BCUT2D eigenvalue weighted by Gasteiger charge is 2.25. The fourth-order valence-electron chi connectivity index (χ4n) is 3.07. The Bertz CT molecular complexity index is 1130. The number of aromatic nitrogens is 2. The molecule has 0 aliphatic rings. The molecule has 4 nitrogen and oxygen atoms in total. The van der Waals surface area contributed by atoms with Crippen LogP contribution in [0.1, 0.15) is 21.1 Å². The number of hydrogen-bond donors (Lipinski definition) is 0. The summed E-state index contributed by atoms with van der Waals surface area (Å²) in [4.78, 5) is 24.8. The van der Waals surface area contributed by atoms with Crippen molar-refractivity contribution in [2.24, 2.45) is 0 Å². The number of nitrogens with zero attached hydrogens (tertiary/aromatic N) is 3. The van der Waals surface area contributed by atoms with Gasteiger partial charge in [-0.05, 0) is 42.3 Å². The van der Waals surface area contributed by atoms with Crippen LogP contribution in [-0.4, -0.2) is 15.9 Å². The van der Waals surface area contributed by atoms with Crippen molar-refractivity contribution in [3.8, 4) is 10.4 Å². The maximum Gasteiger partial charge on any atom is 0.279 e. The number of thiazole rings is 1. The number of halogens is 1. The number of carbonyl (C=O) groups is 1. The van der Waals surface area contributed by atoms with E-state index in [1.165, 1.54) is 28.4 Å². The molecule has 0 bridgehead atoms. The molecule has 2 aromatic heterocycles. The number of carbonyl (C=O) groups excluding carboxylic acids is 1. The summed E-state index contributed by atoms with van der Waals surface area (Å²) in [6, 6.07) is 21.3. The van der Waals surface area contributed by atoms with Gasteiger partial charge in [0, 0.05) is 6.20 Å². The molecule has 6 heteroatoms. The Hall–Kier alpha value is -3.38. The smallest absolute Gasteiger partial charge is 0.279 e. The number of anilines is 1. The van der Waals surface area contributed by atoms with E-state index in [1.54, 1.807) is 30.5 Å². The van der Waals surface area contributed by atoms with Crippen LogP contribution >= 0.6 is 11.3 Å². The van der Waals surface area contributed by atoms with Crippen LogP contribution in [0.5, 0.6) is 0 Å². The van der Waals surface area contributed by atoms with Gasteiger partial charge in [-0.3, -0.25) is 9.69 Å². The molecule has 0 unspecified atom stereocenters. The average molecular weight is 403 g/mol. The third-order valence-electron chi connectivity index (χ3n) is 4.37. The first-order chi connectivity index (χ1) is 14.1. The SMILES string of the molecule is Cc1nc(C(=O)N(Cc2cccc(F)c2)c2ccccn2)c(-c2ccccc2)s1. The highest BCUT2D eigenvalue weighted by Crippen LogP contribution is 2.32. The minimum absolute atomic E-state index is 0.193. The van der Waals surface area contributed by atoms with Crippen molar-refractivity contribution in [1.29, 1.82) is 0 Å². The lowest BCUT2D eigenvalue weighted by atomic mass is 10.1. The van der Waals surface area contributed by atoms with Gasteiger partial charge in [0.2, 0.25) is 0 Å². The maximum absolute atomic E-state index is 13.7. The lowest BCUT2D eigenvalue weighted by Crippen LogP contribution is -2.31. The van der Waals surface area contributed by atoms with Crippen LogP contribution in [0, 0.1) is 12.7 Å². The van der Waals surface area contributed by atoms with Gasteiger partial charge in [0.25, 0.3) is 5.91 Å². The molecular formula is C23H18FN3OS. The fraction of sp³-hybridized carbons (Fsp3) is 0.0870. The minimum Gasteiger partial charge on any atom is -0.287 e. The third-order valence-corrected chi connectivity index (χ3v) is 5.39. The number of pyridine rings is 1. The molecule has 0 aliphatic heterocycles. The van der Waals surface area contributed by atoms with Gasteiger partial charge in [0.15, 0.2) is 0 Å². The lowest BCUT2D eigenvalue weighted by Gasteiger charge is -2.21. The fourth-order valence-corrected chi connectivity index (χ4v) is 3.99. The van der Waals surface area contributed by atoms with Crippen molar-refractivity contribution in [3.63, 3.8) is 0 Å². The average Bonchev–Trinajstić information content (AvgIpc) is 3.15. The molecule has 4 aromatic rings. The van der Waals surface area contributed by atoms with Crippen LogP contribution in [0.2, 0.25) is 0 Å². The van der Waals surface area contributed by atoms with Gasteiger partial charge in [-0.15, -0.1) is 11.3 Å². The van der Waals surface area contributed by atoms with Crippen LogP contribution < -0.4 is 4.90 Å². The van der Waals surface area contributed by atoms with E-state index >= 15 is 0 Å². The van der Waals surface area contributed by atoms with Gasteiger partial charge in [0.1, 0.15) is 17.3 Å². The highest BCUT2D eigenvalue weighted by atomic mass is 32.1. The van der Waals surface area contributed by atoms with E-state index in [0.717, 1.165) is 15.4 Å². The molecule has 0 atom stereocenters. The van der Waals surface area contributed by atoms with E-state index in [4.69, 9.17) is 0 Å². The zero-order chi connectivity index (χ0) is 20.2. The van der Waals surface area contributed by atoms with E-state index < -0.39 is 0 Å². The Morgan fingerprint density at radius 2 is 1.83 bits per heavy atom. The summed E-state index contributed by atoms with van der Waals surface area (Å²) in [5, 5.41) is 0.805. The molecule has 1 amide bonds. The molecule has 2 heterocycles. The molecule has 0 radical (unpaired) electrons. The summed E-state index contributed by atoms with van der Waals surface area (Å²) in [5.74, 6) is -0.118. The molecule has 0 fully saturated rings. The number of amides is 1. The van der Waals surface area contributed by atoms with E-state index in [1.807, 2.05) is 43.3 Å². The molecule has 29 heavy (non-hydrogen) atoms. The number of aryl methyl sites for hydroxylation is 1. The molecule has 0 saturated heterocycles. The second-order valence-corrected chi connectivity index (χ2v) is 7.69. The Morgan fingerprint density at radius 1 is 1.03 bits per heavy atom. The van der Waals surface area contributed by atoms with Crippen molar-refractivity contribution < 1.29 is 9.18 Å². The van der Waals surface area contributed by atoms with E-state index in [2.05, 4.69) is 9.97 Å². The van der Waals surface area contributed by atoms with Crippen LogP contribution in [0.3, 0.4) is 0 Å². The van der Waals surface area contributed by atoms with Crippen LogP contribution in [0.4, 0.5) is 10.2 Å². The number of rotatable bonds is 5. The molecule has 2 aromatic carbocycles. The van der Waals surface area contributed by atoms with E-state index in [9.17, 15) is 9.18 Å². The normalized spacial score (nSPS) is 10.7. The van der Waals surface area contributed by atoms with Gasteiger partial charge < -0.3 is 0 Å². The summed E-state index contributed by atoms with van der Waals surface area (Å²) in [6.45, 7) is 2.07. The van der Waals surface area contributed by atoms with Crippen LogP contribution in [-0.2, 0) is 6.54 Å². The largest absolute Gasteiger partial charge is 0.287 e. The van der Waals surface area contributed by atoms with Crippen molar-refractivity contribution in [2.75, 3.05) is 4.90 Å². The van der Waals surface area contributed by atoms with Gasteiger partial charge in [0.05, 0.1) is 16.4 Å². The van der Waals surface area contributed by atoms with Gasteiger partial charge in [-0.25, -0.2) is 14.4 Å². The molecule has 4 rings (SSSR count). The molecule has 0 saturated carbocycles. The summed E-state index contributed by atoms with van der Waals surface area (Å²) in [5.41, 5.74) is 1.99. The maximum atomic E-state index is 13.7. The second kappa shape index (κ2) is 8.32. The summed E-state index contributed by atoms with van der Waals surface area (Å²) in [6.07, 6.45) is 1.63. The molecular weight excluding hydrogens is 385 g/mol. The monoisotopic (exact) mass is 403 g/mol. The van der Waals surface area contributed by atoms with E-state index in [-0.39, 0.29) is 18.3 Å². The predicted octanol–water partition coefficient (Wildman–Crippen LogP) is 5.50. The zero-order valence-electron chi connectivity index (χ0n) is 15.7. The van der Waals surface area contributed by atoms with Gasteiger partial charge >= 0.3 is 0 Å². The third kappa shape index (κ3) is 4.22. The quantitative estimate of drug-likeness (QED) is 0.442. The van der Waals surface area contributed by atoms with Crippen molar-refractivity contribution >= 4 is 23.1 Å². The predicted molar refractivity (Wildman–Crippen MR) is 113 cm³/mol. The summed E-state index contributed by atoms with van der Waals surface area (Å²) >= 11 is 1.48. The molecule has 0 aliphatic carbocycles. The first kappa shape index (κ1) is 19.0. The summed E-state index contributed by atoms with van der Waals surface area (Å²) in [7, 11) is 0. The lowest BCUT2D eigenvalue weighted by molar-refractivity contribution is 0.0980.